The van der Waals surface area contributed by atoms with E-state index >= 15 is 0 Å². The molecule has 0 aliphatic heterocycles. The highest BCUT2D eigenvalue weighted by molar-refractivity contribution is 6.21. The Bertz CT molecular complexity index is 385. The third kappa shape index (κ3) is 6.21. The van der Waals surface area contributed by atoms with Crippen LogP contribution in [0, 0.1) is 0 Å². The van der Waals surface area contributed by atoms with Crippen LogP contribution < -0.4 is 0 Å². The predicted octanol–water partition coefficient (Wildman–Crippen LogP) is 4.58. The Morgan fingerprint density at radius 1 is 1.32 bits per heavy atom. The lowest BCUT2D eigenvalue weighted by molar-refractivity contribution is -0.137. The van der Waals surface area contributed by atoms with Crippen molar-refractivity contribution < 1.29 is 13.2 Å². The number of rotatable bonds is 5. The maximum absolute atomic E-state index is 12.5. The number of hydrogen-bond donors (Lipinski definition) is 0. The standard InChI is InChI=1S/C12H14Cl2F3N.ClH/c1-18(6-5-13)8-11(14)9-3-2-4-10(7-9)12(15,16)17;/h2-4,7,11H,5-6,8H2,1H3;1H. The summed E-state index contributed by atoms with van der Waals surface area (Å²) < 4.78 is 37.6. The van der Waals surface area contributed by atoms with E-state index in [-0.39, 0.29) is 12.4 Å². The van der Waals surface area contributed by atoms with Gasteiger partial charge in [0.25, 0.3) is 0 Å². The van der Waals surface area contributed by atoms with E-state index in [0.717, 1.165) is 12.1 Å². The Kier molecular flexibility index (Phi) is 8.13. The van der Waals surface area contributed by atoms with Crippen LogP contribution in [-0.2, 0) is 6.18 Å². The summed E-state index contributed by atoms with van der Waals surface area (Å²) in [5.41, 5.74) is -0.210. The Morgan fingerprint density at radius 3 is 2.47 bits per heavy atom. The molecular weight excluding hydrogens is 321 g/mol. The zero-order chi connectivity index (χ0) is 13.8. The number of nitrogens with zero attached hydrogens (tertiary/aromatic N) is 1. The minimum atomic E-state index is -4.34. The van der Waals surface area contributed by atoms with Crippen LogP contribution in [0.1, 0.15) is 16.5 Å². The first kappa shape index (κ1) is 18.8. The Balaban J connectivity index is 0.00000324. The second-order valence-corrected chi connectivity index (χ2v) is 4.95. The van der Waals surface area contributed by atoms with Gasteiger partial charge < -0.3 is 4.90 Å². The van der Waals surface area contributed by atoms with Crippen molar-refractivity contribution in [3.63, 3.8) is 0 Å². The van der Waals surface area contributed by atoms with Gasteiger partial charge in [-0.15, -0.1) is 35.6 Å². The van der Waals surface area contributed by atoms with Crippen LogP contribution >= 0.6 is 35.6 Å². The molecular formula is C12H15Cl3F3N. The van der Waals surface area contributed by atoms with Gasteiger partial charge >= 0.3 is 6.18 Å². The summed E-state index contributed by atoms with van der Waals surface area (Å²) in [6, 6.07) is 5.10. The largest absolute Gasteiger partial charge is 0.416 e. The fourth-order valence-electron chi connectivity index (χ4n) is 1.52. The van der Waals surface area contributed by atoms with Crippen molar-refractivity contribution in [3.05, 3.63) is 35.4 Å². The van der Waals surface area contributed by atoms with Gasteiger partial charge in [0.15, 0.2) is 0 Å². The van der Waals surface area contributed by atoms with E-state index in [2.05, 4.69) is 0 Å². The van der Waals surface area contributed by atoms with Crippen molar-refractivity contribution in [2.75, 3.05) is 26.0 Å². The molecule has 0 radical (unpaired) electrons. The van der Waals surface area contributed by atoms with E-state index in [0.29, 0.717) is 24.5 Å². The van der Waals surface area contributed by atoms with Crippen molar-refractivity contribution >= 4 is 35.6 Å². The molecule has 0 spiro atoms. The molecule has 0 aliphatic rings. The van der Waals surface area contributed by atoms with Crippen LogP contribution in [0.25, 0.3) is 0 Å². The van der Waals surface area contributed by atoms with Gasteiger partial charge in [0.2, 0.25) is 0 Å². The molecule has 0 fully saturated rings. The summed E-state index contributed by atoms with van der Waals surface area (Å²) in [7, 11) is 1.82. The zero-order valence-corrected chi connectivity index (χ0v) is 12.6. The molecule has 0 saturated carbocycles. The van der Waals surface area contributed by atoms with Gasteiger partial charge in [0, 0.05) is 19.0 Å². The van der Waals surface area contributed by atoms with E-state index in [1.54, 1.807) is 6.07 Å². The van der Waals surface area contributed by atoms with Crippen molar-refractivity contribution in [1.82, 2.24) is 4.90 Å². The lowest BCUT2D eigenvalue weighted by atomic mass is 10.1. The van der Waals surface area contributed by atoms with Gasteiger partial charge in [-0.25, -0.2) is 0 Å². The van der Waals surface area contributed by atoms with Gasteiger partial charge in [-0.05, 0) is 18.7 Å². The average Bonchev–Trinajstić information content (AvgIpc) is 2.28. The minimum absolute atomic E-state index is 0. The van der Waals surface area contributed by atoms with Gasteiger partial charge in [-0.2, -0.15) is 13.2 Å². The first-order valence-electron chi connectivity index (χ1n) is 5.40. The fourth-order valence-corrected chi connectivity index (χ4v) is 2.18. The highest BCUT2D eigenvalue weighted by Crippen LogP contribution is 2.32. The quantitative estimate of drug-likeness (QED) is 0.712. The van der Waals surface area contributed by atoms with Crippen molar-refractivity contribution in [2.24, 2.45) is 0 Å². The normalized spacial score (nSPS) is 13.2. The van der Waals surface area contributed by atoms with Crippen LogP contribution in [0.3, 0.4) is 0 Å². The van der Waals surface area contributed by atoms with Gasteiger partial charge in [0.05, 0.1) is 10.9 Å². The van der Waals surface area contributed by atoms with Gasteiger partial charge in [-0.3, -0.25) is 0 Å². The Hall–Kier alpha value is -0.160. The molecule has 0 N–H and O–H groups in total. The van der Waals surface area contributed by atoms with E-state index in [9.17, 15) is 13.2 Å². The molecule has 1 nitrogen and oxygen atoms in total. The molecule has 0 aromatic heterocycles. The highest BCUT2D eigenvalue weighted by atomic mass is 35.5. The van der Waals surface area contributed by atoms with E-state index in [1.165, 1.54) is 6.07 Å². The molecule has 1 rings (SSSR count). The Labute approximate surface area is 127 Å². The molecule has 1 unspecified atom stereocenters. The van der Waals surface area contributed by atoms with Crippen molar-refractivity contribution in [3.8, 4) is 0 Å². The SMILES string of the molecule is CN(CCCl)CC(Cl)c1cccc(C(F)(F)F)c1.Cl. The minimum Gasteiger partial charge on any atom is -0.303 e. The van der Waals surface area contributed by atoms with Gasteiger partial charge in [0.1, 0.15) is 0 Å². The highest BCUT2D eigenvalue weighted by Gasteiger charge is 2.30. The summed E-state index contributed by atoms with van der Waals surface area (Å²) in [6.45, 7) is 1.10. The second-order valence-electron chi connectivity index (χ2n) is 4.04. The van der Waals surface area contributed by atoms with E-state index < -0.39 is 17.1 Å². The summed E-state index contributed by atoms with van der Waals surface area (Å²) in [6.07, 6.45) is -4.34. The number of likely N-dealkylation sites (N-methyl/N-ethyl adjacent to an activating group) is 1. The molecule has 0 saturated heterocycles. The van der Waals surface area contributed by atoms with Crippen LogP contribution in [0.5, 0.6) is 0 Å². The van der Waals surface area contributed by atoms with Crippen molar-refractivity contribution in [2.45, 2.75) is 11.6 Å². The summed E-state index contributed by atoms with van der Waals surface area (Å²) in [5, 5.41) is -0.486. The lowest BCUT2D eigenvalue weighted by Gasteiger charge is -2.19. The second kappa shape index (κ2) is 8.20. The lowest BCUT2D eigenvalue weighted by Crippen LogP contribution is -2.24. The number of hydrogen-bond acceptors (Lipinski definition) is 1. The van der Waals surface area contributed by atoms with Crippen LogP contribution in [0.2, 0.25) is 0 Å². The molecule has 0 amide bonds. The summed E-state index contributed by atoms with van der Waals surface area (Å²) >= 11 is 11.7. The topological polar surface area (TPSA) is 3.24 Å². The maximum atomic E-state index is 12.5. The number of alkyl halides is 5. The molecule has 1 aromatic rings. The number of halogens is 6. The molecule has 0 bridgehead atoms. The van der Waals surface area contributed by atoms with Crippen molar-refractivity contribution in [1.29, 1.82) is 0 Å². The monoisotopic (exact) mass is 335 g/mol. The molecule has 0 heterocycles. The smallest absolute Gasteiger partial charge is 0.303 e. The van der Waals surface area contributed by atoms with Gasteiger partial charge in [-0.1, -0.05) is 18.2 Å². The first-order valence-corrected chi connectivity index (χ1v) is 6.37. The van der Waals surface area contributed by atoms with Crippen LogP contribution in [-0.4, -0.2) is 30.9 Å². The van der Waals surface area contributed by atoms with E-state index in [4.69, 9.17) is 23.2 Å². The molecule has 110 valence electrons. The third-order valence-electron chi connectivity index (χ3n) is 2.51. The fraction of sp³-hybridized carbons (Fsp3) is 0.500. The molecule has 1 atom stereocenters. The maximum Gasteiger partial charge on any atom is 0.416 e. The van der Waals surface area contributed by atoms with E-state index in [1.807, 2.05) is 11.9 Å². The molecule has 19 heavy (non-hydrogen) atoms. The zero-order valence-electron chi connectivity index (χ0n) is 10.3. The summed E-state index contributed by atoms with van der Waals surface area (Å²) in [4.78, 5) is 1.88. The Morgan fingerprint density at radius 2 is 1.95 bits per heavy atom. The summed E-state index contributed by atoms with van der Waals surface area (Å²) in [5.74, 6) is 0.461. The number of benzene rings is 1. The first-order chi connectivity index (χ1) is 8.34. The molecule has 7 heteroatoms. The van der Waals surface area contributed by atoms with Crippen LogP contribution in [0.15, 0.2) is 24.3 Å². The van der Waals surface area contributed by atoms with Crippen LogP contribution in [0.4, 0.5) is 13.2 Å². The average molecular weight is 337 g/mol. The third-order valence-corrected chi connectivity index (χ3v) is 3.07. The molecule has 0 aliphatic carbocycles. The molecule has 1 aromatic carbocycles. The predicted molar refractivity (Wildman–Crippen MR) is 75.5 cm³/mol.